The van der Waals surface area contributed by atoms with Crippen molar-refractivity contribution in [2.45, 2.75) is 77.5 Å². The van der Waals surface area contributed by atoms with E-state index >= 15 is 0 Å². The average Bonchev–Trinajstić information content (AvgIpc) is 3.26. The predicted octanol–water partition coefficient (Wildman–Crippen LogP) is 5.79. The van der Waals surface area contributed by atoms with Crippen molar-refractivity contribution in [3.05, 3.63) is 76.6 Å². The fraction of sp³-hybridized carbons (Fsp3) is 0.516. The van der Waals surface area contributed by atoms with Crippen LogP contribution in [-0.4, -0.2) is 42.5 Å². The lowest BCUT2D eigenvalue weighted by atomic mass is 9.88. The first-order valence-electron chi connectivity index (χ1n) is 13.4. The molecule has 202 valence electrons. The number of rotatable bonds is 14. The Bertz CT molecular complexity index is 1030. The Balaban J connectivity index is 1.45. The molecule has 0 bridgehead atoms. The zero-order chi connectivity index (χ0) is 26.8. The Morgan fingerprint density at radius 3 is 2.59 bits per heavy atom. The molecule has 0 unspecified atom stereocenters. The number of carbonyl (C=O) groups is 1. The van der Waals surface area contributed by atoms with E-state index in [4.69, 9.17) is 9.47 Å². The molecular weight excluding hydrogens is 469 g/mol. The van der Waals surface area contributed by atoms with Gasteiger partial charge in [-0.2, -0.15) is 0 Å². The number of nitrogens with one attached hydrogen (secondary N) is 1. The zero-order valence-electron chi connectivity index (χ0n) is 22.6. The quantitative estimate of drug-likeness (QED) is 0.314. The first-order chi connectivity index (χ1) is 17.7. The molecule has 0 amide bonds. The van der Waals surface area contributed by atoms with Crippen molar-refractivity contribution in [3.63, 3.8) is 0 Å². The number of benzene rings is 2. The number of halogens is 1. The Morgan fingerprint density at radius 2 is 1.92 bits per heavy atom. The summed E-state index contributed by atoms with van der Waals surface area (Å²) in [7, 11) is 0. The van der Waals surface area contributed by atoms with Crippen LogP contribution in [0, 0.1) is 11.7 Å². The summed E-state index contributed by atoms with van der Waals surface area (Å²) >= 11 is 0. The number of fused-ring (bicyclic) bond motifs is 1. The maximum atomic E-state index is 14.0. The third kappa shape index (κ3) is 9.37. The van der Waals surface area contributed by atoms with Crippen molar-refractivity contribution in [2.75, 3.05) is 19.8 Å². The molecule has 0 fully saturated rings. The Hall–Kier alpha value is -2.54. The van der Waals surface area contributed by atoms with Crippen LogP contribution in [0.2, 0.25) is 0 Å². The normalized spacial score (nSPS) is 15.6. The smallest absolute Gasteiger partial charge is 0.306 e. The highest BCUT2D eigenvalue weighted by atomic mass is 19.1. The molecule has 0 heterocycles. The highest BCUT2D eigenvalue weighted by Gasteiger charge is 2.28. The number of ether oxygens (including phenoxy) is 2. The van der Waals surface area contributed by atoms with Gasteiger partial charge in [-0.1, -0.05) is 42.5 Å². The minimum absolute atomic E-state index is 0.108. The van der Waals surface area contributed by atoms with Gasteiger partial charge in [0.15, 0.2) is 0 Å². The molecule has 1 aliphatic rings. The van der Waals surface area contributed by atoms with E-state index in [2.05, 4.69) is 43.4 Å². The molecule has 2 atom stereocenters. The first-order valence-corrected chi connectivity index (χ1v) is 13.4. The molecule has 2 N–H and O–H groups in total. The number of β-amino-alcohol motifs (C(OH)–C–C–N with tert-alkyl or cyclic N) is 1. The highest BCUT2D eigenvalue weighted by Crippen LogP contribution is 2.32. The van der Waals surface area contributed by atoms with E-state index in [0.29, 0.717) is 37.5 Å². The average molecular weight is 512 g/mol. The third-order valence-corrected chi connectivity index (χ3v) is 6.89. The van der Waals surface area contributed by atoms with Gasteiger partial charge in [0.05, 0.1) is 25.4 Å². The summed E-state index contributed by atoms with van der Waals surface area (Å²) in [5.41, 5.74) is 4.33. The lowest BCUT2D eigenvalue weighted by Gasteiger charge is -2.31. The van der Waals surface area contributed by atoms with Crippen molar-refractivity contribution in [3.8, 4) is 0 Å². The van der Waals surface area contributed by atoms with E-state index < -0.39 is 12.2 Å². The fourth-order valence-corrected chi connectivity index (χ4v) is 5.08. The Kier molecular flexibility index (Phi) is 10.9. The number of hydrogen-bond acceptors (Lipinski definition) is 5. The van der Waals surface area contributed by atoms with Crippen molar-refractivity contribution in [1.82, 2.24) is 5.32 Å². The van der Waals surface area contributed by atoms with Gasteiger partial charge in [0.2, 0.25) is 0 Å². The first kappa shape index (κ1) is 29.0. The van der Waals surface area contributed by atoms with Gasteiger partial charge in [-0.05, 0) is 93.7 Å². The van der Waals surface area contributed by atoms with Crippen LogP contribution in [0.3, 0.4) is 0 Å². The summed E-state index contributed by atoms with van der Waals surface area (Å²) in [6, 6.07) is 13.2. The Labute approximate surface area is 221 Å². The van der Waals surface area contributed by atoms with Crippen LogP contribution in [0.5, 0.6) is 0 Å². The standard InChI is InChI=1S/C31H42FNO4/c1-5-36-30(35)13-9-8-10-24-14-15-27(32)18-29(24)22(2)37-21-28(34)20-33-31(3,4)19-23-16-25-11-6-7-12-26(25)17-23/h6-8,10-12,14-15,18,22-23,28,33-34H,5,9,13,16-17,19-21H2,1-4H3/t22-,28-/m1/s1. The second-order valence-corrected chi connectivity index (χ2v) is 10.7. The van der Waals surface area contributed by atoms with Gasteiger partial charge in [-0.15, -0.1) is 0 Å². The van der Waals surface area contributed by atoms with Gasteiger partial charge in [0, 0.05) is 18.5 Å². The van der Waals surface area contributed by atoms with Crippen LogP contribution in [-0.2, 0) is 27.1 Å². The summed E-state index contributed by atoms with van der Waals surface area (Å²) in [6.07, 6.45) is 6.75. The van der Waals surface area contributed by atoms with Gasteiger partial charge in [-0.3, -0.25) is 4.79 Å². The lowest BCUT2D eigenvalue weighted by Crippen LogP contribution is -2.45. The minimum atomic E-state index is -0.681. The molecule has 0 aromatic heterocycles. The van der Waals surface area contributed by atoms with Crippen LogP contribution in [0.1, 0.15) is 75.3 Å². The van der Waals surface area contributed by atoms with Crippen molar-refractivity contribution in [1.29, 1.82) is 0 Å². The molecule has 2 aromatic rings. The largest absolute Gasteiger partial charge is 0.466 e. The molecule has 1 aliphatic carbocycles. The Morgan fingerprint density at radius 1 is 1.22 bits per heavy atom. The molecule has 5 nitrogen and oxygen atoms in total. The van der Waals surface area contributed by atoms with Crippen LogP contribution in [0.25, 0.3) is 6.08 Å². The van der Waals surface area contributed by atoms with Crippen LogP contribution in [0.15, 0.2) is 48.5 Å². The number of allylic oxidation sites excluding steroid dienone is 1. The van der Waals surface area contributed by atoms with E-state index in [1.165, 1.54) is 23.3 Å². The highest BCUT2D eigenvalue weighted by molar-refractivity contribution is 5.69. The van der Waals surface area contributed by atoms with Crippen molar-refractivity contribution < 1.29 is 23.8 Å². The second kappa shape index (κ2) is 13.8. The second-order valence-electron chi connectivity index (χ2n) is 10.7. The zero-order valence-corrected chi connectivity index (χ0v) is 22.6. The number of aliphatic hydroxyl groups excluding tert-OH is 1. The molecule has 0 saturated heterocycles. The molecule has 0 radical (unpaired) electrons. The maximum absolute atomic E-state index is 14.0. The lowest BCUT2D eigenvalue weighted by molar-refractivity contribution is -0.143. The van der Waals surface area contributed by atoms with Gasteiger partial charge in [0.25, 0.3) is 0 Å². The molecule has 6 heteroatoms. The minimum Gasteiger partial charge on any atom is -0.466 e. The maximum Gasteiger partial charge on any atom is 0.306 e. The molecule has 37 heavy (non-hydrogen) atoms. The van der Waals surface area contributed by atoms with E-state index in [-0.39, 0.29) is 23.9 Å². The number of esters is 1. The summed E-state index contributed by atoms with van der Waals surface area (Å²) in [5.74, 6) is 0.0273. The molecule has 0 spiro atoms. The van der Waals surface area contributed by atoms with Gasteiger partial charge >= 0.3 is 5.97 Å². The van der Waals surface area contributed by atoms with E-state index in [9.17, 15) is 14.3 Å². The predicted molar refractivity (Wildman–Crippen MR) is 146 cm³/mol. The number of carbonyl (C=O) groups excluding carboxylic acids is 1. The van der Waals surface area contributed by atoms with Gasteiger partial charge < -0.3 is 19.9 Å². The van der Waals surface area contributed by atoms with Gasteiger partial charge in [0.1, 0.15) is 5.82 Å². The molecule has 0 saturated carbocycles. The topological polar surface area (TPSA) is 67.8 Å². The third-order valence-electron chi connectivity index (χ3n) is 6.89. The number of hydrogen-bond donors (Lipinski definition) is 2. The summed E-state index contributed by atoms with van der Waals surface area (Å²) in [4.78, 5) is 11.5. The number of aliphatic hydroxyl groups is 1. The van der Waals surface area contributed by atoms with E-state index in [1.807, 2.05) is 19.1 Å². The molecule has 2 aromatic carbocycles. The molecule has 0 aliphatic heterocycles. The fourth-order valence-electron chi connectivity index (χ4n) is 5.08. The summed E-state index contributed by atoms with van der Waals surface area (Å²) in [6.45, 7) is 8.92. The van der Waals surface area contributed by atoms with E-state index in [0.717, 1.165) is 24.8 Å². The van der Waals surface area contributed by atoms with Gasteiger partial charge in [-0.25, -0.2) is 4.39 Å². The van der Waals surface area contributed by atoms with Crippen molar-refractivity contribution in [2.24, 2.45) is 5.92 Å². The van der Waals surface area contributed by atoms with E-state index in [1.54, 1.807) is 13.0 Å². The van der Waals surface area contributed by atoms with Crippen LogP contribution >= 0.6 is 0 Å². The summed E-state index contributed by atoms with van der Waals surface area (Å²) in [5, 5.41) is 14.1. The SMILES string of the molecule is CCOC(=O)CCC=Cc1ccc(F)cc1[C@@H](C)OC[C@H](O)CNC(C)(C)CC1Cc2ccccc2C1. The van der Waals surface area contributed by atoms with Crippen molar-refractivity contribution >= 4 is 12.0 Å². The van der Waals surface area contributed by atoms with Crippen LogP contribution < -0.4 is 5.32 Å². The summed E-state index contributed by atoms with van der Waals surface area (Å²) < 4.78 is 24.9. The monoisotopic (exact) mass is 511 g/mol. The molecule has 3 rings (SSSR count). The van der Waals surface area contributed by atoms with Crippen LogP contribution in [0.4, 0.5) is 4.39 Å². The molecular formula is C31H42FNO4.